The van der Waals surface area contributed by atoms with Crippen molar-refractivity contribution in [1.29, 1.82) is 0 Å². The van der Waals surface area contributed by atoms with Crippen molar-refractivity contribution in [2.75, 3.05) is 0 Å². The number of carboxylic acid groups (broad SMARTS) is 3. The Morgan fingerprint density at radius 2 is 0.619 bits per heavy atom. The standard InChI is InChI=1S/3C3H4O3.C2H4.Fe/c3*1-2(4)3(5)6;1-2;/h3*1H3,(H,5,6);1-2H2;/q;;;;+3/p-3. The fourth-order valence-corrected chi connectivity index (χ4v) is 0. The summed E-state index contributed by atoms with van der Waals surface area (Å²) in [5.74, 6) is -7.69. The van der Waals surface area contributed by atoms with Gasteiger partial charge < -0.3 is 29.7 Å². The molecule has 0 amide bonds. The van der Waals surface area contributed by atoms with Crippen molar-refractivity contribution in [3.8, 4) is 0 Å². The minimum Gasteiger partial charge on any atom is -0.542 e. The first-order chi connectivity index (χ1) is 8.93. The molecule has 0 atom stereocenters. The summed E-state index contributed by atoms with van der Waals surface area (Å²) >= 11 is 0. The Hall–Kier alpha value is -2.32. The van der Waals surface area contributed by atoms with Crippen molar-refractivity contribution in [2.45, 2.75) is 20.8 Å². The van der Waals surface area contributed by atoms with Gasteiger partial charge in [-0.05, 0) is 0 Å². The smallest absolute Gasteiger partial charge is 0.542 e. The van der Waals surface area contributed by atoms with Gasteiger partial charge in [0.2, 0.25) is 0 Å². The van der Waals surface area contributed by atoms with Gasteiger partial charge in [-0.25, -0.2) is 0 Å². The van der Waals surface area contributed by atoms with E-state index < -0.39 is 35.3 Å². The molecule has 0 aromatic heterocycles. The molecule has 0 N–H and O–H groups in total. The number of ketones is 3. The third kappa shape index (κ3) is 46.4. The van der Waals surface area contributed by atoms with Crippen LogP contribution in [0.2, 0.25) is 0 Å². The zero-order valence-electron chi connectivity index (χ0n) is 11.4. The van der Waals surface area contributed by atoms with Crippen LogP contribution >= 0.6 is 0 Å². The van der Waals surface area contributed by atoms with Crippen LogP contribution in [0.3, 0.4) is 0 Å². The minimum atomic E-state index is -1.63. The van der Waals surface area contributed by atoms with E-state index in [-0.39, 0.29) is 17.1 Å². The Kier molecular flexibility index (Phi) is 29.7. The average molecular weight is 345 g/mol. The van der Waals surface area contributed by atoms with Gasteiger partial charge in [-0.3, -0.25) is 14.4 Å². The van der Waals surface area contributed by atoms with Crippen LogP contribution in [-0.2, 0) is 45.8 Å². The summed E-state index contributed by atoms with van der Waals surface area (Å²) in [7, 11) is 0. The average Bonchev–Trinajstić information content (AvgIpc) is 2.32. The van der Waals surface area contributed by atoms with Gasteiger partial charge in [0.1, 0.15) is 17.9 Å². The first-order valence-corrected chi connectivity index (χ1v) is 4.59. The third-order valence-electron chi connectivity index (χ3n) is 0.862. The second kappa shape index (κ2) is 20.0. The summed E-state index contributed by atoms with van der Waals surface area (Å²) < 4.78 is 0. The van der Waals surface area contributed by atoms with E-state index in [1.807, 2.05) is 0 Å². The van der Waals surface area contributed by atoms with Gasteiger partial charge in [0.15, 0.2) is 17.3 Å². The van der Waals surface area contributed by atoms with Gasteiger partial charge in [-0.1, -0.05) is 0 Å². The van der Waals surface area contributed by atoms with E-state index in [2.05, 4.69) is 13.2 Å². The van der Waals surface area contributed by atoms with Gasteiger partial charge in [0.05, 0.1) is 0 Å². The zero-order valence-corrected chi connectivity index (χ0v) is 12.5. The molecule has 1 radical (unpaired) electrons. The van der Waals surface area contributed by atoms with Crippen molar-refractivity contribution in [2.24, 2.45) is 0 Å². The number of rotatable bonds is 3. The van der Waals surface area contributed by atoms with Crippen LogP contribution in [0.15, 0.2) is 13.2 Å². The number of Topliss-reactive ketones (excluding diaryl/α,β-unsaturated/α-hetero) is 3. The molecule has 9 nitrogen and oxygen atoms in total. The number of carboxylic acids is 3. The number of aliphatic carboxylic acids is 3. The van der Waals surface area contributed by atoms with Crippen LogP contribution in [0, 0.1) is 0 Å². The van der Waals surface area contributed by atoms with E-state index in [0.717, 1.165) is 20.8 Å². The molecule has 0 aromatic carbocycles. The second-order valence-corrected chi connectivity index (χ2v) is 2.53. The molecule has 0 rings (SSSR count). The molecule has 0 fully saturated rings. The molecular weight excluding hydrogens is 332 g/mol. The zero-order chi connectivity index (χ0) is 17.5. The molecule has 0 aliphatic heterocycles. The van der Waals surface area contributed by atoms with E-state index in [1.165, 1.54) is 0 Å². The Bertz CT molecular complexity index is 294. The summed E-state index contributed by atoms with van der Waals surface area (Å²) in [6.07, 6.45) is 0. The van der Waals surface area contributed by atoms with Gasteiger partial charge in [-0.2, -0.15) is 0 Å². The summed E-state index contributed by atoms with van der Waals surface area (Å²) in [5, 5.41) is 27.7. The SMILES string of the molecule is C=C.CC(=O)C(=O)[O-].CC(=O)C(=O)[O-].CC(=O)C(=O)[O-].[Fe+3]. The van der Waals surface area contributed by atoms with Crippen LogP contribution < -0.4 is 15.3 Å². The number of hydrogen-bond donors (Lipinski definition) is 0. The number of hydrogen-bond acceptors (Lipinski definition) is 9. The van der Waals surface area contributed by atoms with E-state index >= 15 is 0 Å². The van der Waals surface area contributed by atoms with Crippen molar-refractivity contribution in [3.05, 3.63) is 13.2 Å². The molecule has 0 aliphatic rings. The maximum atomic E-state index is 9.48. The van der Waals surface area contributed by atoms with Crippen LogP contribution in [0.1, 0.15) is 20.8 Å². The largest absolute Gasteiger partial charge is 3.00 e. The quantitative estimate of drug-likeness (QED) is 0.279. The van der Waals surface area contributed by atoms with Gasteiger partial charge in [0.25, 0.3) is 0 Å². The van der Waals surface area contributed by atoms with Crippen LogP contribution in [0.25, 0.3) is 0 Å². The topological polar surface area (TPSA) is 172 Å². The molecule has 21 heavy (non-hydrogen) atoms. The van der Waals surface area contributed by atoms with Gasteiger partial charge in [-0.15, -0.1) is 13.2 Å². The predicted molar refractivity (Wildman–Crippen MR) is 58.3 cm³/mol. The molecule has 0 heterocycles. The molecule has 10 heteroatoms. The molecule has 0 spiro atoms. The second-order valence-electron chi connectivity index (χ2n) is 2.53. The van der Waals surface area contributed by atoms with E-state index in [4.69, 9.17) is 0 Å². The minimum absolute atomic E-state index is 0. The number of carbonyl (C=O) groups is 6. The molecular formula is C11H13FeO9. The van der Waals surface area contributed by atoms with Crippen LogP contribution in [0.4, 0.5) is 0 Å². The van der Waals surface area contributed by atoms with Crippen molar-refractivity contribution in [1.82, 2.24) is 0 Å². The van der Waals surface area contributed by atoms with Crippen molar-refractivity contribution < 1.29 is 61.2 Å². The maximum Gasteiger partial charge on any atom is 3.00 e. The Morgan fingerprint density at radius 3 is 0.619 bits per heavy atom. The van der Waals surface area contributed by atoms with Crippen molar-refractivity contribution in [3.63, 3.8) is 0 Å². The van der Waals surface area contributed by atoms with Crippen LogP contribution in [-0.4, -0.2) is 35.3 Å². The molecule has 0 saturated heterocycles. The van der Waals surface area contributed by atoms with E-state index in [9.17, 15) is 44.1 Å². The summed E-state index contributed by atoms with van der Waals surface area (Å²) in [5.41, 5.74) is 0. The molecule has 0 saturated carbocycles. The van der Waals surface area contributed by atoms with Gasteiger partial charge >= 0.3 is 17.1 Å². The van der Waals surface area contributed by atoms with E-state index in [0.29, 0.717) is 0 Å². The van der Waals surface area contributed by atoms with Gasteiger partial charge in [0, 0.05) is 20.8 Å². The van der Waals surface area contributed by atoms with E-state index in [1.54, 1.807) is 0 Å². The van der Waals surface area contributed by atoms with Crippen LogP contribution in [0.5, 0.6) is 0 Å². The molecule has 0 unspecified atom stereocenters. The fourth-order valence-electron chi connectivity index (χ4n) is 0. The summed E-state index contributed by atoms with van der Waals surface area (Å²) in [4.78, 5) is 56.2. The Balaban J connectivity index is -0.0000000561. The third-order valence-corrected chi connectivity index (χ3v) is 0.862. The first-order valence-electron chi connectivity index (χ1n) is 4.59. The Labute approximate surface area is 131 Å². The maximum absolute atomic E-state index is 9.48. The molecule has 0 aliphatic carbocycles. The normalized spacial score (nSPS) is 6.62. The molecule has 119 valence electrons. The monoisotopic (exact) mass is 345 g/mol. The molecule has 0 aromatic rings. The number of carbonyl (C=O) groups excluding carboxylic acids is 6. The first kappa shape index (κ1) is 31.2. The molecule has 0 bridgehead atoms. The summed E-state index contributed by atoms with van der Waals surface area (Å²) in [6.45, 7) is 8.82. The Morgan fingerprint density at radius 1 is 0.571 bits per heavy atom. The summed E-state index contributed by atoms with van der Waals surface area (Å²) in [6, 6.07) is 0. The predicted octanol–water partition coefficient (Wildman–Crippen LogP) is -4.22. The fraction of sp³-hybridized carbons (Fsp3) is 0.273. The van der Waals surface area contributed by atoms with Crippen molar-refractivity contribution >= 4 is 35.3 Å².